The van der Waals surface area contributed by atoms with Crippen molar-refractivity contribution in [2.45, 2.75) is 25.8 Å². The summed E-state index contributed by atoms with van der Waals surface area (Å²) in [5.41, 5.74) is 0.359. The molecule has 0 saturated carbocycles. The smallest absolute Gasteiger partial charge is 0.271 e. The molecule has 2 N–H and O–H groups in total. The minimum atomic E-state index is -0.179. The number of carbonyl (C=O) groups is 1. The van der Waals surface area contributed by atoms with E-state index in [1.54, 1.807) is 6.07 Å². The van der Waals surface area contributed by atoms with Gasteiger partial charge in [-0.05, 0) is 38.4 Å². The van der Waals surface area contributed by atoms with E-state index in [9.17, 15) is 4.79 Å². The lowest BCUT2D eigenvalue weighted by Gasteiger charge is -2.21. The van der Waals surface area contributed by atoms with Crippen LogP contribution in [-0.2, 0) is 0 Å². The highest BCUT2D eigenvalue weighted by Crippen LogP contribution is 2.12. The zero-order chi connectivity index (χ0) is 13.7. The van der Waals surface area contributed by atoms with Crippen molar-refractivity contribution in [2.24, 2.45) is 0 Å². The van der Waals surface area contributed by atoms with Gasteiger partial charge < -0.3 is 15.5 Å². The molecule has 104 valence electrons. The van der Waals surface area contributed by atoms with Gasteiger partial charge in [0.15, 0.2) is 11.5 Å². The summed E-state index contributed by atoms with van der Waals surface area (Å²) in [7, 11) is 2.00. The Bertz CT molecular complexity index is 414. The predicted molar refractivity (Wildman–Crippen MR) is 74.3 cm³/mol. The highest BCUT2D eigenvalue weighted by molar-refractivity contribution is 5.92. The predicted octanol–water partition coefficient (Wildman–Crippen LogP) is 0.415. The topological polar surface area (TPSA) is 70.2 Å². The summed E-state index contributed by atoms with van der Waals surface area (Å²) in [4.78, 5) is 13.6. The van der Waals surface area contributed by atoms with Crippen LogP contribution in [0.1, 0.15) is 30.3 Å². The van der Waals surface area contributed by atoms with Crippen molar-refractivity contribution >= 4 is 11.7 Å². The van der Waals surface area contributed by atoms with Gasteiger partial charge in [-0.2, -0.15) is 0 Å². The number of carbonyl (C=O) groups excluding carboxylic acids is 1. The number of amides is 1. The third kappa shape index (κ3) is 3.64. The van der Waals surface area contributed by atoms with Gasteiger partial charge in [-0.25, -0.2) is 0 Å². The molecule has 6 heteroatoms. The van der Waals surface area contributed by atoms with E-state index in [4.69, 9.17) is 0 Å². The van der Waals surface area contributed by atoms with Gasteiger partial charge in [0.05, 0.1) is 0 Å². The Balaban J connectivity index is 1.94. The summed E-state index contributed by atoms with van der Waals surface area (Å²) in [6.07, 6.45) is 2.44. The van der Waals surface area contributed by atoms with E-state index in [1.165, 1.54) is 12.8 Å². The maximum Gasteiger partial charge on any atom is 0.271 e. The molecule has 1 aromatic heterocycles. The molecule has 1 amide bonds. The van der Waals surface area contributed by atoms with Crippen molar-refractivity contribution in [3.63, 3.8) is 0 Å². The second-order valence-corrected chi connectivity index (χ2v) is 4.81. The molecule has 1 aromatic rings. The lowest BCUT2D eigenvalue weighted by Crippen LogP contribution is -2.35. The summed E-state index contributed by atoms with van der Waals surface area (Å²) in [5, 5.41) is 14.2. The van der Waals surface area contributed by atoms with Crippen LogP contribution in [0.25, 0.3) is 0 Å². The number of hydrogen-bond acceptors (Lipinski definition) is 5. The van der Waals surface area contributed by atoms with Gasteiger partial charge in [-0.15, -0.1) is 10.2 Å². The number of likely N-dealkylation sites (N-methyl/N-ethyl adjacent to an activating group) is 1. The average Bonchev–Trinajstić information content (AvgIpc) is 2.92. The Morgan fingerprint density at radius 1 is 1.53 bits per heavy atom. The van der Waals surface area contributed by atoms with Crippen molar-refractivity contribution in [3.8, 4) is 0 Å². The van der Waals surface area contributed by atoms with Crippen LogP contribution < -0.4 is 15.5 Å². The summed E-state index contributed by atoms with van der Waals surface area (Å²) >= 11 is 0. The van der Waals surface area contributed by atoms with Gasteiger partial charge in [-0.3, -0.25) is 4.79 Å². The summed E-state index contributed by atoms with van der Waals surface area (Å²) in [5.74, 6) is 0.614. The molecular weight excluding hydrogens is 242 g/mol. The van der Waals surface area contributed by atoms with E-state index in [1.807, 2.05) is 20.0 Å². The fraction of sp³-hybridized carbons (Fsp3) is 0.615. The van der Waals surface area contributed by atoms with Crippen LogP contribution >= 0.6 is 0 Å². The fourth-order valence-corrected chi connectivity index (χ4v) is 2.24. The van der Waals surface area contributed by atoms with E-state index in [-0.39, 0.29) is 5.91 Å². The van der Waals surface area contributed by atoms with Crippen molar-refractivity contribution in [1.29, 1.82) is 0 Å². The van der Waals surface area contributed by atoms with Gasteiger partial charge in [-0.1, -0.05) is 0 Å². The van der Waals surface area contributed by atoms with Crippen molar-refractivity contribution in [2.75, 3.05) is 31.6 Å². The van der Waals surface area contributed by atoms with Gasteiger partial charge in [0, 0.05) is 26.2 Å². The largest absolute Gasteiger partial charge is 0.357 e. The lowest BCUT2D eigenvalue weighted by atomic mass is 10.2. The van der Waals surface area contributed by atoms with Crippen molar-refractivity contribution in [1.82, 2.24) is 20.8 Å². The highest BCUT2D eigenvalue weighted by atomic mass is 16.1. The molecule has 1 unspecified atom stereocenters. The molecule has 0 spiro atoms. The third-order valence-electron chi connectivity index (χ3n) is 3.27. The van der Waals surface area contributed by atoms with E-state index in [2.05, 4.69) is 25.7 Å². The zero-order valence-electron chi connectivity index (χ0n) is 11.5. The second-order valence-electron chi connectivity index (χ2n) is 4.81. The van der Waals surface area contributed by atoms with Crippen LogP contribution in [0.3, 0.4) is 0 Å². The minimum Gasteiger partial charge on any atom is -0.357 e. The van der Waals surface area contributed by atoms with Crippen molar-refractivity contribution in [3.05, 3.63) is 17.8 Å². The molecule has 0 bridgehead atoms. The van der Waals surface area contributed by atoms with Crippen LogP contribution in [0.5, 0.6) is 0 Å². The maximum atomic E-state index is 11.6. The van der Waals surface area contributed by atoms with Crippen LogP contribution in [0, 0.1) is 0 Å². The SMILES string of the molecule is CCNC(=O)c1ccc(N(C)CC2CCCN2)nn1. The minimum absolute atomic E-state index is 0.179. The summed E-state index contributed by atoms with van der Waals surface area (Å²) in [6.45, 7) is 4.48. The molecule has 1 aliphatic heterocycles. The first kappa shape index (κ1) is 13.7. The summed E-state index contributed by atoms with van der Waals surface area (Å²) in [6, 6.07) is 4.08. The maximum absolute atomic E-state index is 11.6. The average molecular weight is 263 g/mol. The normalized spacial score (nSPS) is 18.3. The van der Waals surface area contributed by atoms with Gasteiger partial charge in [0.1, 0.15) is 0 Å². The number of nitrogens with one attached hydrogen (secondary N) is 2. The van der Waals surface area contributed by atoms with E-state index < -0.39 is 0 Å². The molecule has 19 heavy (non-hydrogen) atoms. The number of nitrogens with zero attached hydrogens (tertiary/aromatic N) is 3. The molecular formula is C13H21N5O. The first-order valence-corrected chi connectivity index (χ1v) is 6.77. The van der Waals surface area contributed by atoms with Gasteiger partial charge in [0.25, 0.3) is 5.91 Å². The molecule has 2 rings (SSSR count). The van der Waals surface area contributed by atoms with Crippen molar-refractivity contribution < 1.29 is 4.79 Å². The monoisotopic (exact) mass is 263 g/mol. The zero-order valence-corrected chi connectivity index (χ0v) is 11.5. The van der Waals surface area contributed by atoms with E-state index in [0.717, 1.165) is 18.9 Å². The van der Waals surface area contributed by atoms with Crippen LogP contribution in [0.2, 0.25) is 0 Å². The number of aromatic nitrogens is 2. The molecule has 1 saturated heterocycles. The van der Waals surface area contributed by atoms with Crippen LogP contribution in [0.15, 0.2) is 12.1 Å². The Morgan fingerprint density at radius 2 is 2.37 bits per heavy atom. The Hall–Kier alpha value is -1.69. The van der Waals surface area contributed by atoms with E-state index in [0.29, 0.717) is 18.3 Å². The van der Waals surface area contributed by atoms with E-state index >= 15 is 0 Å². The molecule has 2 heterocycles. The molecule has 0 radical (unpaired) electrons. The third-order valence-corrected chi connectivity index (χ3v) is 3.27. The van der Waals surface area contributed by atoms with Gasteiger partial charge >= 0.3 is 0 Å². The van der Waals surface area contributed by atoms with Crippen LogP contribution in [-0.4, -0.2) is 48.8 Å². The summed E-state index contributed by atoms with van der Waals surface area (Å²) < 4.78 is 0. The molecule has 1 aliphatic rings. The quantitative estimate of drug-likeness (QED) is 0.805. The van der Waals surface area contributed by atoms with Crippen LogP contribution in [0.4, 0.5) is 5.82 Å². The standard InChI is InChI=1S/C13H21N5O/c1-3-14-13(19)11-6-7-12(17-16-11)18(2)9-10-5-4-8-15-10/h6-7,10,15H,3-5,8-9H2,1-2H3,(H,14,19). The lowest BCUT2D eigenvalue weighted by molar-refractivity contribution is 0.0950. The Morgan fingerprint density at radius 3 is 2.95 bits per heavy atom. The molecule has 1 fully saturated rings. The molecule has 0 aromatic carbocycles. The first-order valence-electron chi connectivity index (χ1n) is 6.77. The number of rotatable bonds is 5. The number of anilines is 1. The van der Waals surface area contributed by atoms with Gasteiger partial charge in [0.2, 0.25) is 0 Å². The second kappa shape index (κ2) is 6.47. The number of hydrogen-bond donors (Lipinski definition) is 2. The highest BCUT2D eigenvalue weighted by Gasteiger charge is 2.17. The molecule has 1 atom stereocenters. The molecule has 0 aliphatic carbocycles. The Kier molecular flexibility index (Phi) is 4.68. The Labute approximate surface area is 113 Å². The fourth-order valence-electron chi connectivity index (χ4n) is 2.24. The first-order chi connectivity index (χ1) is 9.20. The molecule has 6 nitrogen and oxygen atoms in total.